The molecule has 5 nitrogen and oxygen atoms in total. The summed E-state index contributed by atoms with van der Waals surface area (Å²) in [7, 11) is 2.07. The van der Waals surface area contributed by atoms with Crippen LogP contribution in [0, 0.1) is 0 Å². The molecular weight excluding hydrogens is 310 g/mol. The van der Waals surface area contributed by atoms with Gasteiger partial charge >= 0.3 is 6.03 Å². The number of hydrogen-bond donors (Lipinski definition) is 3. The lowest BCUT2D eigenvalue weighted by Gasteiger charge is -2.15. The SMILES string of the molecule is CN1CCc2cc([C@H](O)CNC(=O)NCc3cccs3)ccc21. The minimum absolute atomic E-state index is 0.199. The van der Waals surface area contributed by atoms with Crippen LogP contribution >= 0.6 is 11.3 Å². The van der Waals surface area contributed by atoms with Crippen molar-refractivity contribution in [1.82, 2.24) is 10.6 Å². The number of hydrogen-bond acceptors (Lipinski definition) is 4. The molecule has 2 aromatic rings. The number of rotatable bonds is 5. The van der Waals surface area contributed by atoms with E-state index in [0.717, 1.165) is 23.4 Å². The second kappa shape index (κ2) is 7.02. The molecule has 6 heteroatoms. The summed E-state index contributed by atoms with van der Waals surface area (Å²) >= 11 is 1.60. The third-order valence-corrected chi connectivity index (χ3v) is 4.95. The van der Waals surface area contributed by atoms with Gasteiger partial charge in [-0.1, -0.05) is 18.2 Å². The summed E-state index contributed by atoms with van der Waals surface area (Å²) in [5, 5.41) is 17.7. The first-order chi connectivity index (χ1) is 11.1. The molecule has 1 atom stereocenters. The number of carbonyl (C=O) groups excluding carboxylic acids is 1. The van der Waals surface area contributed by atoms with E-state index in [9.17, 15) is 9.90 Å². The predicted octanol–water partition coefficient (Wildman–Crippen LogP) is 2.27. The highest BCUT2D eigenvalue weighted by atomic mass is 32.1. The van der Waals surface area contributed by atoms with Gasteiger partial charge in [0.05, 0.1) is 12.6 Å². The lowest BCUT2D eigenvalue weighted by atomic mass is 10.0. The zero-order valence-electron chi connectivity index (χ0n) is 13.1. The molecule has 0 unspecified atom stereocenters. The molecule has 0 saturated heterocycles. The molecule has 1 aliphatic heterocycles. The Balaban J connectivity index is 1.49. The van der Waals surface area contributed by atoms with Gasteiger partial charge in [-0.2, -0.15) is 0 Å². The number of aliphatic hydroxyl groups excluding tert-OH is 1. The number of aliphatic hydroxyl groups is 1. The molecule has 3 N–H and O–H groups in total. The molecule has 23 heavy (non-hydrogen) atoms. The Kier molecular flexibility index (Phi) is 4.83. The molecule has 2 amide bonds. The van der Waals surface area contributed by atoms with E-state index in [2.05, 4.69) is 22.6 Å². The highest BCUT2D eigenvalue weighted by Gasteiger charge is 2.18. The number of nitrogens with zero attached hydrogens (tertiary/aromatic N) is 1. The molecule has 3 rings (SSSR count). The largest absolute Gasteiger partial charge is 0.387 e. The maximum atomic E-state index is 11.8. The average molecular weight is 331 g/mol. The van der Waals surface area contributed by atoms with Crippen molar-refractivity contribution in [1.29, 1.82) is 0 Å². The van der Waals surface area contributed by atoms with Crippen LogP contribution in [0.1, 0.15) is 22.1 Å². The summed E-state index contributed by atoms with van der Waals surface area (Å²) in [6.07, 6.45) is 0.305. The Labute approximate surface area is 139 Å². The van der Waals surface area contributed by atoms with E-state index >= 15 is 0 Å². The Hall–Kier alpha value is -2.05. The summed E-state index contributed by atoms with van der Waals surface area (Å²) in [5.41, 5.74) is 3.33. The summed E-state index contributed by atoms with van der Waals surface area (Å²) in [4.78, 5) is 15.1. The first-order valence-electron chi connectivity index (χ1n) is 7.69. The number of urea groups is 1. The van der Waals surface area contributed by atoms with Gasteiger partial charge in [0.2, 0.25) is 0 Å². The molecule has 122 valence electrons. The molecule has 0 bridgehead atoms. The van der Waals surface area contributed by atoms with Crippen LogP contribution in [0.2, 0.25) is 0 Å². The van der Waals surface area contributed by atoms with Gasteiger partial charge in [0.15, 0.2) is 0 Å². The normalized spacial score (nSPS) is 14.4. The van der Waals surface area contributed by atoms with Crippen molar-refractivity contribution in [3.8, 4) is 0 Å². The molecule has 0 spiro atoms. The Morgan fingerprint density at radius 1 is 1.39 bits per heavy atom. The highest BCUT2D eigenvalue weighted by Crippen LogP contribution is 2.29. The quantitative estimate of drug-likeness (QED) is 0.787. The van der Waals surface area contributed by atoms with Gasteiger partial charge in [-0.3, -0.25) is 0 Å². The fourth-order valence-electron chi connectivity index (χ4n) is 2.74. The fourth-order valence-corrected chi connectivity index (χ4v) is 3.39. The predicted molar refractivity (Wildman–Crippen MR) is 92.9 cm³/mol. The van der Waals surface area contributed by atoms with Crippen molar-refractivity contribution in [3.63, 3.8) is 0 Å². The van der Waals surface area contributed by atoms with Gasteiger partial charge in [0.1, 0.15) is 0 Å². The number of amides is 2. The van der Waals surface area contributed by atoms with E-state index in [1.165, 1.54) is 11.3 Å². The van der Waals surface area contributed by atoms with E-state index < -0.39 is 6.10 Å². The minimum Gasteiger partial charge on any atom is -0.387 e. The average Bonchev–Trinajstić information content (AvgIpc) is 3.20. The number of anilines is 1. The monoisotopic (exact) mass is 331 g/mol. The van der Waals surface area contributed by atoms with Crippen LogP contribution < -0.4 is 15.5 Å². The number of carbonyl (C=O) groups is 1. The molecule has 0 radical (unpaired) electrons. The van der Waals surface area contributed by atoms with Crippen molar-refractivity contribution < 1.29 is 9.90 Å². The van der Waals surface area contributed by atoms with Crippen molar-refractivity contribution in [2.24, 2.45) is 0 Å². The third kappa shape index (κ3) is 3.83. The maximum Gasteiger partial charge on any atom is 0.315 e. The van der Waals surface area contributed by atoms with Crippen molar-refractivity contribution in [3.05, 3.63) is 51.7 Å². The molecule has 1 aromatic heterocycles. The van der Waals surface area contributed by atoms with Crippen molar-refractivity contribution >= 4 is 23.1 Å². The van der Waals surface area contributed by atoms with E-state index in [-0.39, 0.29) is 12.6 Å². The topological polar surface area (TPSA) is 64.6 Å². The summed E-state index contributed by atoms with van der Waals surface area (Å²) in [5.74, 6) is 0. The minimum atomic E-state index is -0.696. The number of fused-ring (bicyclic) bond motifs is 1. The Morgan fingerprint density at radius 3 is 3.04 bits per heavy atom. The van der Waals surface area contributed by atoms with Gasteiger partial charge < -0.3 is 20.6 Å². The lowest BCUT2D eigenvalue weighted by molar-refractivity contribution is 0.173. The molecule has 0 fully saturated rings. The standard InChI is InChI=1S/C17H21N3O2S/c1-20-7-6-12-9-13(4-5-15(12)20)16(21)11-19-17(22)18-10-14-3-2-8-23-14/h2-5,8-9,16,21H,6-7,10-11H2,1H3,(H2,18,19,22)/t16-/m1/s1. The number of nitrogens with one attached hydrogen (secondary N) is 2. The van der Waals surface area contributed by atoms with Gasteiger partial charge in [-0.15, -0.1) is 11.3 Å². The van der Waals surface area contributed by atoms with Gasteiger partial charge in [0, 0.05) is 30.7 Å². The molecular formula is C17H21N3O2S. The van der Waals surface area contributed by atoms with Crippen LogP contribution in [0.15, 0.2) is 35.7 Å². The second-order valence-corrected chi connectivity index (χ2v) is 6.75. The second-order valence-electron chi connectivity index (χ2n) is 5.72. The molecule has 0 saturated carbocycles. The zero-order chi connectivity index (χ0) is 16.2. The summed E-state index contributed by atoms with van der Waals surface area (Å²) in [6.45, 7) is 1.72. The van der Waals surface area contributed by atoms with Gasteiger partial charge in [0.25, 0.3) is 0 Å². The van der Waals surface area contributed by atoms with Crippen molar-refractivity contribution in [2.75, 3.05) is 25.0 Å². The van der Waals surface area contributed by atoms with Crippen molar-refractivity contribution in [2.45, 2.75) is 19.1 Å². The van der Waals surface area contributed by atoms with Crippen LogP contribution in [-0.4, -0.2) is 31.3 Å². The van der Waals surface area contributed by atoms with Gasteiger partial charge in [-0.25, -0.2) is 4.79 Å². The molecule has 1 aliphatic rings. The van der Waals surface area contributed by atoms with E-state index in [4.69, 9.17) is 0 Å². The molecule has 0 aliphatic carbocycles. The van der Waals surface area contributed by atoms with Crippen LogP contribution in [0.4, 0.5) is 10.5 Å². The van der Waals surface area contributed by atoms with Crippen LogP contribution in [-0.2, 0) is 13.0 Å². The summed E-state index contributed by atoms with van der Waals surface area (Å²) < 4.78 is 0. The number of benzene rings is 1. The zero-order valence-corrected chi connectivity index (χ0v) is 13.9. The van der Waals surface area contributed by atoms with Crippen LogP contribution in [0.25, 0.3) is 0 Å². The third-order valence-electron chi connectivity index (χ3n) is 4.08. The van der Waals surface area contributed by atoms with Gasteiger partial charge in [-0.05, 0) is 35.1 Å². The number of thiophene rings is 1. The molecule has 2 heterocycles. The highest BCUT2D eigenvalue weighted by molar-refractivity contribution is 7.09. The number of likely N-dealkylation sites (N-methyl/N-ethyl adjacent to an activating group) is 1. The fraction of sp³-hybridized carbons (Fsp3) is 0.353. The lowest BCUT2D eigenvalue weighted by Crippen LogP contribution is -2.37. The van der Waals surface area contributed by atoms with Crippen LogP contribution in [0.5, 0.6) is 0 Å². The Morgan fingerprint density at radius 2 is 2.26 bits per heavy atom. The molecule has 1 aromatic carbocycles. The first-order valence-corrected chi connectivity index (χ1v) is 8.57. The Bertz CT molecular complexity index is 672. The smallest absolute Gasteiger partial charge is 0.315 e. The van der Waals surface area contributed by atoms with E-state index in [0.29, 0.717) is 6.54 Å². The first kappa shape index (κ1) is 15.8. The maximum absolute atomic E-state index is 11.8. The van der Waals surface area contributed by atoms with Crippen LogP contribution in [0.3, 0.4) is 0 Å². The van der Waals surface area contributed by atoms with E-state index in [1.807, 2.05) is 35.7 Å². The van der Waals surface area contributed by atoms with E-state index in [1.54, 1.807) is 11.3 Å². The summed E-state index contributed by atoms with van der Waals surface area (Å²) in [6, 6.07) is 9.66.